The molecule has 0 atom stereocenters. The highest BCUT2D eigenvalue weighted by Gasteiger charge is 1.98. The van der Waals surface area contributed by atoms with E-state index in [1.807, 2.05) is 18.2 Å². The normalized spacial score (nSPS) is 10.4. The van der Waals surface area contributed by atoms with Crippen molar-refractivity contribution < 1.29 is 10.2 Å². The first kappa shape index (κ1) is 11.5. The van der Waals surface area contributed by atoms with Crippen LogP contribution in [-0.2, 0) is 19.4 Å². The minimum atomic E-state index is -0.0280. The second kappa shape index (κ2) is 5.41. The minimum absolute atomic E-state index is 0.0280. The molecule has 4 heteroatoms. The molecule has 0 amide bonds. The van der Waals surface area contributed by atoms with Crippen LogP contribution in [0, 0.1) is 0 Å². The summed E-state index contributed by atoms with van der Waals surface area (Å²) in [5.74, 6) is 0.183. The third-order valence-corrected chi connectivity index (χ3v) is 2.53. The van der Waals surface area contributed by atoms with Gasteiger partial charge < -0.3 is 10.2 Å². The van der Waals surface area contributed by atoms with Crippen molar-refractivity contribution in [3.05, 3.63) is 53.6 Å². The van der Waals surface area contributed by atoms with E-state index < -0.39 is 0 Å². The monoisotopic (exact) mass is 230 g/mol. The first-order valence-electron chi connectivity index (χ1n) is 5.46. The van der Waals surface area contributed by atoms with E-state index in [0.29, 0.717) is 5.69 Å². The molecule has 0 aliphatic rings. The Kier molecular flexibility index (Phi) is 3.67. The lowest BCUT2D eigenvalue weighted by Gasteiger charge is -2.02. The molecule has 4 nitrogen and oxygen atoms in total. The van der Waals surface area contributed by atoms with Gasteiger partial charge in [0, 0.05) is 11.9 Å². The Balaban J connectivity index is 1.95. The fourth-order valence-corrected chi connectivity index (χ4v) is 1.53. The summed E-state index contributed by atoms with van der Waals surface area (Å²) in [6, 6.07) is 7.22. The molecule has 2 heterocycles. The number of aliphatic hydroxyl groups is 1. The third kappa shape index (κ3) is 3.26. The summed E-state index contributed by atoms with van der Waals surface area (Å²) in [6.45, 7) is -0.0280. The van der Waals surface area contributed by atoms with Crippen LogP contribution in [0.3, 0.4) is 0 Å². The van der Waals surface area contributed by atoms with Gasteiger partial charge in [-0.25, -0.2) is 0 Å². The Hall–Kier alpha value is -1.94. The molecule has 2 aromatic heterocycles. The molecule has 0 aromatic carbocycles. The molecule has 0 spiro atoms. The SMILES string of the molecule is OCc1ccc(CCc2ccc(O)cn2)cn1. The number of nitrogens with zero attached hydrogens (tertiary/aromatic N) is 2. The number of aromatic nitrogens is 2. The number of aryl methyl sites for hydroxylation is 2. The van der Waals surface area contributed by atoms with E-state index in [2.05, 4.69) is 9.97 Å². The highest BCUT2D eigenvalue weighted by molar-refractivity contribution is 5.20. The topological polar surface area (TPSA) is 66.2 Å². The van der Waals surface area contributed by atoms with E-state index in [9.17, 15) is 0 Å². The quantitative estimate of drug-likeness (QED) is 0.834. The lowest BCUT2D eigenvalue weighted by molar-refractivity contribution is 0.277. The average molecular weight is 230 g/mol. The van der Waals surface area contributed by atoms with Gasteiger partial charge in [-0.2, -0.15) is 0 Å². The zero-order valence-corrected chi connectivity index (χ0v) is 9.37. The number of hydrogen-bond acceptors (Lipinski definition) is 4. The van der Waals surface area contributed by atoms with E-state index in [0.717, 1.165) is 24.1 Å². The third-order valence-electron chi connectivity index (χ3n) is 2.53. The van der Waals surface area contributed by atoms with Gasteiger partial charge in [-0.05, 0) is 36.6 Å². The fraction of sp³-hybridized carbons (Fsp3) is 0.231. The Morgan fingerprint density at radius 2 is 1.65 bits per heavy atom. The molecule has 0 saturated heterocycles. The van der Waals surface area contributed by atoms with Crippen LogP contribution >= 0.6 is 0 Å². The molecule has 0 bridgehead atoms. The van der Waals surface area contributed by atoms with Crippen molar-refractivity contribution in [1.82, 2.24) is 9.97 Å². The molecule has 2 N–H and O–H groups in total. The molecule has 0 aliphatic carbocycles. The van der Waals surface area contributed by atoms with E-state index in [1.54, 1.807) is 12.3 Å². The maximum Gasteiger partial charge on any atom is 0.133 e. The summed E-state index contributed by atoms with van der Waals surface area (Å²) in [5, 5.41) is 18.0. The van der Waals surface area contributed by atoms with E-state index in [-0.39, 0.29) is 12.4 Å². The van der Waals surface area contributed by atoms with E-state index >= 15 is 0 Å². The van der Waals surface area contributed by atoms with Crippen molar-refractivity contribution in [1.29, 1.82) is 0 Å². The highest BCUT2D eigenvalue weighted by atomic mass is 16.3. The first-order valence-corrected chi connectivity index (χ1v) is 5.46. The van der Waals surface area contributed by atoms with E-state index in [1.165, 1.54) is 6.20 Å². The van der Waals surface area contributed by atoms with Gasteiger partial charge >= 0.3 is 0 Å². The maximum atomic E-state index is 9.10. The van der Waals surface area contributed by atoms with Crippen LogP contribution in [0.1, 0.15) is 17.0 Å². The molecule has 0 saturated carbocycles. The van der Waals surface area contributed by atoms with Crippen LogP contribution in [0.15, 0.2) is 36.7 Å². The number of aliphatic hydroxyl groups excluding tert-OH is 1. The summed E-state index contributed by atoms with van der Waals surface area (Å²) in [4.78, 5) is 8.23. The smallest absolute Gasteiger partial charge is 0.133 e. The van der Waals surface area contributed by atoms with E-state index in [4.69, 9.17) is 10.2 Å². The Bertz CT molecular complexity index is 466. The average Bonchev–Trinajstić information content (AvgIpc) is 2.39. The standard InChI is InChI=1S/C13H14N2O2/c16-9-12-4-2-10(7-14-12)1-3-11-5-6-13(17)8-15-11/h2,4-8,16-17H,1,3,9H2. The Morgan fingerprint density at radius 1 is 0.882 bits per heavy atom. The molecule has 0 fully saturated rings. The zero-order chi connectivity index (χ0) is 12.1. The van der Waals surface area contributed by atoms with Crippen molar-refractivity contribution in [3.63, 3.8) is 0 Å². The van der Waals surface area contributed by atoms with Gasteiger partial charge in [-0.15, -0.1) is 0 Å². The van der Waals surface area contributed by atoms with Gasteiger partial charge in [0.1, 0.15) is 5.75 Å². The molecule has 2 aromatic rings. The van der Waals surface area contributed by atoms with Crippen molar-refractivity contribution >= 4 is 0 Å². The van der Waals surface area contributed by atoms with Crippen LogP contribution < -0.4 is 0 Å². The largest absolute Gasteiger partial charge is 0.506 e. The van der Waals surface area contributed by atoms with Crippen LogP contribution in [0.5, 0.6) is 5.75 Å². The maximum absolute atomic E-state index is 9.10. The highest BCUT2D eigenvalue weighted by Crippen LogP contribution is 2.09. The minimum Gasteiger partial charge on any atom is -0.506 e. The van der Waals surface area contributed by atoms with Gasteiger partial charge in [0.2, 0.25) is 0 Å². The second-order valence-electron chi connectivity index (χ2n) is 3.82. The summed E-state index contributed by atoms with van der Waals surface area (Å²) in [5.41, 5.74) is 2.72. The summed E-state index contributed by atoms with van der Waals surface area (Å²) < 4.78 is 0. The molecular weight excluding hydrogens is 216 g/mol. The number of aromatic hydroxyl groups is 1. The van der Waals surface area contributed by atoms with Gasteiger partial charge in [-0.1, -0.05) is 6.07 Å². The van der Waals surface area contributed by atoms with Crippen LogP contribution in [0.25, 0.3) is 0 Å². The van der Waals surface area contributed by atoms with Crippen LogP contribution in [0.4, 0.5) is 0 Å². The van der Waals surface area contributed by atoms with Crippen LogP contribution in [0.2, 0.25) is 0 Å². The molecule has 17 heavy (non-hydrogen) atoms. The van der Waals surface area contributed by atoms with Gasteiger partial charge in [-0.3, -0.25) is 9.97 Å². The Labute approximate surface area is 99.6 Å². The van der Waals surface area contributed by atoms with Gasteiger partial charge in [0.25, 0.3) is 0 Å². The lowest BCUT2D eigenvalue weighted by atomic mass is 10.1. The van der Waals surface area contributed by atoms with Gasteiger partial charge in [0.05, 0.1) is 18.5 Å². The molecule has 0 radical (unpaired) electrons. The number of hydrogen-bond donors (Lipinski definition) is 2. The van der Waals surface area contributed by atoms with Crippen molar-refractivity contribution in [2.75, 3.05) is 0 Å². The lowest BCUT2D eigenvalue weighted by Crippen LogP contribution is -1.96. The fourth-order valence-electron chi connectivity index (χ4n) is 1.53. The predicted octanol–water partition coefficient (Wildman–Crippen LogP) is 1.46. The van der Waals surface area contributed by atoms with Crippen molar-refractivity contribution in [3.8, 4) is 5.75 Å². The van der Waals surface area contributed by atoms with Crippen molar-refractivity contribution in [2.45, 2.75) is 19.4 Å². The molecule has 0 aliphatic heterocycles. The molecule has 88 valence electrons. The number of pyridine rings is 2. The number of rotatable bonds is 4. The molecule has 0 unspecified atom stereocenters. The molecule has 2 rings (SSSR count). The summed E-state index contributed by atoms with van der Waals surface area (Å²) >= 11 is 0. The van der Waals surface area contributed by atoms with Crippen molar-refractivity contribution in [2.24, 2.45) is 0 Å². The predicted molar refractivity (Wildman–Crippen MR) is 63.5 cm³/mol. The summed E-state index contributed by atoms with van der Waals surface area (Å²) in [6.07, 6.45) is 4.87. The second-order valence-corrected chi connectivity index (χ2v) is 3.82. The molecular formula is C13H14N2O2. The van der Waals surface area contributed by atoms with Crippen LogP contribution in [-0.4, -0.2) is 20.2 Å². The Morgan fingerprint density at radius 3 is 2.24 bits per heavy atom. The summed E-state index contributed by atoms with van der Waals surface area (Å²) in [7, 11) is 0. The van der Waals surface area contributed by atoms with Gasteiger partial charge in [0.15, 0.2) is 0 Å². The first-order chi connectivity index (χ1) is 8.28. The zero-order valence-electron chi connectivity index (χ0n) is 9.37.